The molecule has 27 heavy (non-hydrogen) atoms. The van der Waals surface area contributed by atoms with Gasteiger partial charge in [0, 0.05) is 23.6 Å². The Morgan fingerprint density at radius 1 is 1.48 bits per heavy atom. The van der Waals surface area contributed by atoms with Gasteiger partial charge in [0.1, 0.15) is 0 Å². The number of hydrogen-bond donors (Lipinski definition) is 1. The van der Waals surface area contributed by atoms with Crippen LogP contribution in [0.25, 0.3) is 0 Å². The van der Waals surface area contributed by atoms with E-state index in [2.05, 4.69) is 17.2 Å². The summed E-state index contributed by atoms with van der Waals surface area (Å²) < 4.78 is 6.91. The van der Waals surface area contributed by atoms with E-state index in [9.17, 15) is 14.9 Å². The molecule has 2 aromatic rings. The number of esters is 1. The number of rotatable bonds is 6. The molecule has 0 fully saturated rings. The van der Waals surface area contributed by atoms with Crippen LogP contribution in [0.4, 0.5) is 11.6 Å². The van der Waals surface area contributed by atoms with Crippen LogP contribution in [0, 0.1) is 10.1 Å². The third-order valence-electron chi connectivity index (χ3n) is 4.36. The first-order valence-electron chi connectivity index (χ1n) is 8.42. The van der Waals surface area contributed by atoms with Crippen LogP contribution in [-0.4, -0.2) is 33.3 Å². The number of nitrogens with zero attached hydrogens (tertiary/aromatic N) is 3. The predicted octanol–water partition coefficient (Wildman–Crippen LogP) is 3.51. The third kappa shape index (κ3) is 3.55. The molecule has 1 aliphatic rings. The van der Waals surface area contributed by atoms with Crippen molar-refractivity contribution in [1.29, 1.82) is 0 Å². The van der Waals surface area contributed by atoms with Gasteiger partial charge in [-0.15, -0.1) is 0 Å². The lowest BCUT2D eigenvalue weighted by Gasteiger charge is -2.30. The maximum absolute atomic E-state index is 12.5. The molecule has 1 N–H and O–H groups in total. The molecule has 0 spiro atoms. The number of hydrogen-bond acceptors (Lipinski definition) is 7. The molecule has 0 saturated heterocycles. The van der Waals surface area contributed by atoms with Crippen LogP contribution in [-0.2, 0) is 15.3 Å². The van der Waals surface area contributed by atoms with Crippen LogP contribution in [0.5, 0.6) is 0 Å². The quantitative estimate of drug-likeness (QED) is 0.459. The highest BCUT2D eigenvalue weighted by Gasteiger charge is 2.35. The molecule has 0 saturated carbocycles. The van der Waals surface area contributed by atoms with E-state index in [1.165, 1.54) is 19.2 Å². The number of methoxy groups -OCH3 is 1. The summed E-state index contributed by atoms with van der Waals surface area (Å²) in [6.07, 6.45) is 1.77. The Kier molecular flexibility index (Phi) is 5.50. The average Bonchev–Trinajstić information content (AvgIpc) is 3.06. The van der Waals surface area contributed by atoms with Gasteiger partial charge in [0.2, 0.25) is 5.95 Å². The van der Waals surface area contributed by atoms with Gasteiger partial charge in [-0.3, -0.25) is 10.1 Å². The summed E-state index contributed by atoms with van der Waals surface area (Å²) >= 11 is 1.73. The number of imidazole rings is 1. The fourth-order valence-electron chi connectivity index (χ4n) is 3.16. The summed E-state index contributed by atoms with van der Waals surface area (Å²) in [5, 5.41) is 14.4. The van der Waals surface area contributed by atoms with Gasteiger partial charge in [-0.05, 0) is 18.2 Å². The van der Waals surface area contributed by atoms with Crippen LogP contribution in [0.15, 0.2) is 41.7 Å². The van der Waals surface area contributed by atoms with E-state index < -0.39 is 16.9 Å². The number of nitro benzene ring substituents is 1. The molecule has 1 aliphatic heterocycles. The highest BCUT2D eigenvalue weighted by atomic mass is 32.2. The highest BCUT2D eigenvalue weighted by molar-refractivity contribution is 7.98. The number of nitrogens with one attached hydrogen (secondary N) is 1. The number of fused-ring (bicyclic) bond motifs is 1. The van der Waals surface area contributed by atoms with Crippen LogP contribution < -0.4 is 5.32 Å². The van der Waals surface area contributed by atoms with Crippen LogP contribution in [0.2, 0.25) is 0 Å². The standard InChI is InChI=1S/C18H20N4O4S/c1-4-27-10-14-9-19-18-20-11(2)15(17(23)26-3)16(21(14)18)12-6-5-7-13(8-12)22(24)25/h5-9,16H,4,10H2,1-3H3,(H,19,20). The molecule has 9 heteroatoms. The first-order valence-corrected chi connectivity index (χ1v) is 9.57. The minimum atomic E-state index is -0.552. The van der Waals surface area contributed by atoms with Crippen molar-refractivity contribution in [3.8, 4) is 0 Å². The molecule has 142 valence electrons. The summed E-state index contributed by atoms with van der Waals surface area (Å²) in [6, 6.07) is 5.77. The van der Waals surface area contributed by atoms with E-state index in [1.807, 2.05) is 4.57 Å². The van der Waals surface area contributed by atoms with Crippen molar-refractivity contribution in [3.63, 3.8) is 0 Å². The normalized spacial score (nSPS) is 15.9. The molecule has 2 heterocycles. The number of nitro groups is 1. The molecule has 3 rings (SSSR count). The second-order valence-corrected chi connectivity index (χ2v) is 7.26. The molecule has 0 radical (unpaired) electrons. The first-order chi connectivity index (χ1) is 13.0. The molecular weight excluding hydrogens is 368 g/mol. The topological polar surface area (TPSA) is 99.3 Å². The minimum Gasteiger partial charge on any atom is -0.466 e. The van der Waals surface area contributed by atoms with Crippen molar-refractivity contribution >= 4 is 29.4 Å². The number of carbonyl (C=O) groups excluding carboxylic acids is 1. The van der Waals surface area contributed by atoms with Gasteiger partial charge in [0.05, 0.1) is 35.5 Å². The SMILES string of the molecule is CCSCc1cnc2n1C(c1cccc([N+](=O)[O-])c1)C(C(=O)OC)=C(C)N2. The predicted molar refractivity (Wildman–Crippen MR) is 104 cm³/mol. The number of aromatic nitrogens is 2. The average molecular weight is 388 g/mol. The molecule has 0 bridgehead atoms. The Morgan fingerprint density at radius 2 is 2.26 bits per heavy atom. The maximum Gasteiger partial charge on any atom is 0.337 e. The van der Waals surface area contributed by atoms with Crippen LogP contribution >= 0.6 is 11.8 Å². The van der Waals surface area contributed by atoms with Crippen molar-refractivity contribution in [2.75, 3.05) is 18.2 Å². The molecule has 1 atom stereocenters. The molecule has 0 amide bonds. The number of ether oxygens (including phenoxy) is 1. The Bertz CT molecular complexity index is 922. The molecule has 1 aromatic carbocycles. The fourth-order valence-corrected chi connectivity index (χ4v) is 3.79. The zero-order chi connectivity index (χ0) is 19.6. The van der Waals surface area contributed by atoms with E-state index in [4.69, 9.17) is 4.74 Å². The van der Waals surface area contributed by atoms with Gasteiger partial charge in [-0.2, -0.15) is 11.8 Å². The summed E-state index contributed by atoms with van der Waals surface area (Å²) in [5.41, 5.74) is 2.55. The van der Waals surface area contributed by atoms with Gasteiger partial charge in [-0.1, -0.05) is 19.1 Å². The van der Waals surface area contributed by atoms with Crippen molar-refractivity contribution in [2.45, 2.75) is 25.6 Å². The number of anilines is 1. The van der Waals surface area contributed by atoms with Crippen molar-refractivity contribution in [2.24, 2.45) is 0 Å². The lowest BCUT2D eigenvalue weighted by molar-refractivity contribution is -0.384. The largest absolute Gasteiger partial charge is 0.466 e. The molecule has 1 aromatic heterocycles. The van der Waals surface area contributed by atoms with E-state index >= 15 is 0 Å². The molecule has 1 unspecified atom stereocenters. The monoisotopic (exact) mass is 388 g/mol. The number of thioether (sulfide) groups is 1. The van der Waals surface area contributed by atoms with Crippen molar-refractivity contribution in [1.82, 2.24) is 9.55 Å². The zero-order valence-electron chi connectivity index (χ0n) is 15.3. The smallest absolute Gasteiger partial charge is 0.337 e. The van der Waals surface area contributed by atoms with Crippen molar-refractivity contribution in [3.05, 3.63) is 63.1 Å². The van der Waals surface area contributed by atoms with Crippen LogP contribution in [0.3, 0.4) is 0 Å². The Morgan fingerprint density at radius 3 is 2.93 bits per heavy atom. The number of allylic oxidation sites excluding steroid dienone is 1. The lowest BCUT2D eigenvalue weighted by Crippen LogP contribution is -2.29. The zero-order valence-corrected chi connectivity index (χ0v) is 16.1. The summed E-state index contributed by atoms with van der Waals surface area (Å²) in [4.78, 5) is 27.8. The second kappa shape index (κ2) is 7.83. The first kappa shape index (κ1) is 19.0. The number of non-ortho nitro benzene ring substituents is 1. The Labute approximate surface area is 160 Å². The summed E-state index contributed by atoms with van der Waals surface area (Å²) in [7, 11) is 1.32. The Balaban J connectivity index is 2.20. The van der Waals surface area contributed by atoms with Gasteiger partial charge in [0.25, 0.3) is 5.69 Å². The number of benzene rings is 1. The van der Waals surface area contributed by atoms with Gasteiger partial charge in [-0.25, -0.2) is 9.78 Å². The third-order valence-corrected chi connectivity index (χ3v) is 5.27. The summed E-state index contributed by atoms with van der Waals surface area (Å²) in [5.74, 6) is 1.77. The van der Waals surface area contributed by atoms with Gasteiger partial charge in [0.15, 0.2) is 0 Å². The van der Waals surface area contributed by atoms with Gasteiger partial charge < -0.3 is 14.6 Å². The highest BCUT2D eigenvalue weighted by Crippen LogP contribution is 2.39. The van der Waals surface area contributed by atoms with E-state index in [-0.39, 0.29) is 5.69 Å². The van der Waals surface area contributed by atoms with Crippen LogP contribution in [0.1, 0.15) is 31.1 Å². The fraction of sp³-hybridized carbons (Fsp3) is 0.333. The summed E-state index contributed by atoms with van der Waals surface area (Å²) in [6.45, 7) is 3.84. The molecule has 0 aliphatic carbocycles. The minimum absolute atomic E-state index is 0.0287. The Hall–Kier alpha value is -2.81. The second-order valence-electron chi connectivity index (χ2n) is 5.99. The van der Waals surface area contributed by atoms with E-state index in [0.717, 1.165) is 11.4 Å². The van der Waals surface area contributed by atoms with E-state index in [0.29, 0.717) is 28.5 Å². The lowest BCUT2D eigenvalue weighted by atomic mass is 9.94. The van der Waals surface area contributed by atoms with Gasteiger partial charge >= 0.3 is 5.97 Å². The number of carbonyl (C=O) groups is 1. The molecule has 8 nitrogen and oxygen atoms in total. The van der Waals surface area contributed by atoms with Crippen molar-refractivity contribution < 1.29 is 14.5 Å². The maximum atomic E-state index is 12.5. The van der Waals surface area contributed by atoms with E-state index in [1.54, 1.807) is 37.0 Å². The molecular formula is C18H20N4O4S.